The van der Waals surface area contributed by atoms with Gasteiger partial charge in [0.2, 0.25) is 0 Å². The monoisotopic (exact) mass is 877 g/mol. The van der Waals surface area contributed by atoms with Gasteiger partial charge in [-0.25, -0.2) is 0 Å². The summed E-state index contributed by atoms with van der Waals surface area (Å²) >= 11 is 0. The van der Waals surface area contributed by atoms with Gasteiger partial charge in [0.1, 0.15) is 13.2 Å². The highest BCUT2D eigenvalue weighted by Crippen LogP contribution is 2.14. The average Bonchev–Trinajstić information content (AvgIpc) is 3.28. The molecule has 0 radical (unpaired) electrons. The maximum Gasteiger partial charge on any atom is 0.306 e. The van der Waals surface area contributed by atoms with Crippen LogP contribution in [0.2, 0.25) is 0 Å². The van der Waals surface area contributed by atoms with Crippen LogP contribution in [0.25, 0.3) is 0 Å². The molecule has 0 saturated heterocycles. The smallest absolute Gasteiger partial charge is 0.306 e. The fraction of sp³-hybridized carbons (Fsp3) is 0.702. The lowest BCUT2D eigenvalue weighted by atomic mass is 10.1. The Hall–Kier alpha value is -3.41. The summed E-state index contributed by atoms with van der Waals surface area (Å²) in [6.45, 7) is 6.35. The lowest BCUT2D eigenvalue weighted by molar-refractivity contribution is -0.167. The topological polar surface area (TPSA) is 78.9 Å². The van der Waals surface area contributed by atoms with Crippen molar-refractivity contribution < 1.29 is 28.6 Å². The van der Waals surface area contributed by atoms with Gasteiger partial charge in [0.25, 0.3) is 0 Å². The van der Waals surface area contributed by atoms with Crippen LogP contribution >= 0.6 is 0 Å². The Morgan fingerprint density at radius 2 is 0.667 bits per heavy atom. The number of rotatable bonds is 46. The van der Waals surface area contributed by atoms with Gasteiger partial charge in [0.05, 0.1) is 0 Å². The third-order valence-corrected chi connectivity index (χ3v) is 10.9. The molecule has 63 heavy (non-hydrogen) atoms. The van der Waals surface area contributed by atoms with E-state index < -0.39 is 6.10 Å². The molecule has 0 spiro atoms. The van der Waals surface area contributed by atoms with Gasteiger partial charge in [-0.3, -0.25) is 14.4 Å². The number of esters is 3. The molecule has 0 amide bonds. The second-order valence-electron chi connectivity index (χ2n) is 17.0. The van der Waals surface area contributed by atoms with Crippen LogP contribution < -0.4 is 0 Å². The molecule has 0 aromatic rings. The van der Waals surface area contributed by atoms with E-state index in [0.717, 1.165) is 122 Å². The molecule has 1 unspecified atom stereocenters. The Bertz CT molecular complexity index is 1240. The van der Waals surface area contributed by atoms with E-state index in [1.807, 2.05) is 0 Å². The molecule has 360 valence electrons. The van der Waals surface area contributed by atoms with Crippen molar-refractivity contribution in [3.8, 4) is 0 Å². The van der Waals surface area contributed by atoms with Crippen molar-refractivity contribution in [1.29, 1.82) is 0 Å². The number of hydrogen-bond acceptors (Lipinski definition) is 6. The standard InChI is InChI=1S/C57H96O6/c1-4-7-10-13-16-19-22-25-27-28-29-30-31-33-35-38-41-44-47-50-56(59)62-53-54(52-61-55(58)49-46-43-40-37-34-24-21-18-15-12-9-6-3)63-57(60)51-48-45-42-39-36-32-26-23-20-17-14-11-8-5-2/h8-9,11-12,16-22,25-26,32,54H,4-7,10,13-15,23-24,27-31,33-53H2,1-3H3/b11-8-,12-9-,19-16-,20-17-,21-18-,25-22-,32-26-. The Morgan fingerprint density at radius 3 is 1.06 bits per heavy atom. The van der Waals surface area contributed by atoms with Gasteiger partial charge >= 0.3 is 17.9 Å². The van der Waals surface area contributed by atoms with E-state index in [4.69, 9.17) is 14.2 Å². The molecule has 1 atom stereocenters. The van der Waals surface area contributed by atoms with Gasteiger partial charge in [-0.1, -0.05) is 202 Å². The summed E-state index contributed by atoms with van der Waals surface area (Å²) in [5.74, 6) is -0.935. The van der Waals surface area contributed by atoms with E-state index >= 15 is 0 Å². The molecule has 6 heteroatoms. The average molecular weight is 877 g/mol. The summed E-state index contributed by atoms with van der Waals surface area (Å²) < 4.78 is 16.8. The normalized spacial score (nSPS) is 12.7. The van der Waals surface area contributed by atoms with Crippen molar-refractivity contribution in [2.45, 2.75) is 245 Å². The molecule has 0 bridgehead atoms. The highest BCUT2D eigenvalue weighted by molar-refractivity contribution is 5.71. The Balaban J connectivity index is 4.39. The van der Waals surface area contributed by atoms with Crippen LogP contribution in [0.3, 0.4) is 0 Å². The molecule has 0 heterocycles. The van der Waals surface area contributed by atoms with Crippen molar-refractivity contribution in [1.82, 2.24) is 0 Å². The lowest BCUT2D eigenvalue weighted by Gasteiger charge is -2.18. The summed E-state index contributed by atoms with van der Waals surface area (Å²) in [4.78, 5) is 38.0. The minimum Gasteiger partial charge on any atom is -0.462 e. The Kier molecular flexibility index (Phi) is 48.5. The van der Waals surface area contributed by atoms with Crippen molar-refractivity contribution in [3.63, 3.8) is 0 Å². The van der Waals surface area contributed by atoms with Gasteiger partial charge in [-0.15, -0.1) is 0 Å². The Morgan fingerprint density at radius 1 is 0.349 bits per heavy atom. The zero-order chi connectivity index (χ0) is 45.8. The number of carbonyl (C=O) groups is 3. The third-order valence-electron chi connectivity index (χ3n) is 10.9. The van der Waals surface area contributed by atoms with Crippen LogP contribution in [-0.4, -0.2) is 37.2 Å². The number of hydrogen-bond donors (Lipinski definition) is 0. The number of ether oxygens (including phenoxy) is 3. The van der Waals surface area contributed by atoms with Gasteiger partial charge in [-0.05, 0) is 103 Å². The molecule has 6 nitrogen and oxygen atoms in total. The molecule has 0 aliphatic heterocycles. The van der Waals surface area contributed by atoms with Crippen LogP contribution in [0.15, 0.2) is 85.1 Å². The molecule has 0 N–H and O–H groups in total. The van der Waals surface area contributed by atoms with Crippen LogP contribution in [0.4, 0.5) is 0 Å². The van der Waals surface area contributed by atoms with E-state index in [9.17, 15) is 14.4 Å². The number of carbonyl (C=O) groups excluding carboxylic acids is 3. The molecule has 0 saturated carbocycles. The molecule has 0 aromatic carbocycles. The zero-order valence-electron chi connectivity index (χ0n) is 41.1. The van der Waals surface area contributed by atoms with E-state index in [1.54, 1.807) is 0 Å². The largest absolute Gasteiger partial charge is 0.462 e. The van der Waals surface area contributed by atoms with Gasteiger partial charge in [0, 0.05) is 19.3 Å². The van der Waals surface area contributed by atoms with E-state index in [0.29, 0.717) is 19.3 Å². The molecule has 0 aliphatic rings. The predicted octanol–water partition coefficient (Wildman–Crippen LogP) is 17.2. The summed E-state index contributed by atoms with van der Waals surface area (Å²) in [6, 6.07) is 0. The first-order valence-corrected chi connectivity index (χ1v) is 26.1. The molecule has 0 fully saturated rings. The van der Waals surface area contributed by atoms with Crippen molar-refractivity contribution in [2.24, 2.45) is 0 Å². The first kappa shape index (κ1) is 59.6. The lowest BCUT2D eigenvalue weighted by Crippen LogP contribution is -2.30. The molecular weight excluding hydrogens is 781 g/mol. The zero-order valence-corrected chi connectivity index (χ0v) is 41.1. The van der Waals surface area contributed by atoms with Gasteiger partial charge < -0.3 is 14.2 Å². The van der Waals surface area contributed by atoms with E-state index in [-0.39, 0.29) is 31.1 Å². The van der Waals surface area contributed by atoms with Gasteiger partial charge in [0.15, 0.2) is 6.10 Å². The van der Waals surface area contributed by atoms with Crippen LogP contribution in [0.5, 0.6) is 0 Å². The molecule has 0 aliphatic carbocycles. The fourth-order valence-electron chi connectivity index (χ4n) is 7.01. The van der Waals surface area contributed by atoms with Crippen molar-refractivity contribution >= 4 is 17.9 Å². The summed E-state index contributed by atoms with van der Waals surface area (Å²) in [7, 11) is 0. The van der Waals surface area contributed by atoms with Crippen molar-refractivity contribution in [2.75, 3.05) is 13.2 Å². The molecular formula is C57H96O6. The first-order chi connectivity index (χ1) is 31.0. The highest BCUT2D eigenvalue weighted by Gasteiger charge is 2.19. The Labute approximate surface area is 388 Å². The maximum absolute atomic E-state index is 12.8. The van der Waals surface area contributed by atoms with E-state index in [2.05, 4.69) is 106 Å². The fourth-order valence-corrected chi connectivity index (χ4v) is 7.01. The minimum atomic E-state index is -0.795. The predicted molar refractivity (Wildman–Crippen MR) is 270 cm³/mol. The highest BCUT2D eigenvalue weighted by atomic mass is 16.6. The molecule has 0 aromatic heterocycles. The molecule has 0 rings (SSSR count). The number of allylic oxidation sites excluding steroid dienone is 14. The van der Waals surface area contributed by atoms with Crippen molar-refractivity contribution in [3.05, 3.63) is 85.1 Å². The van der Waals surface area contributed by atoms with Crippen LogP contribution in [0.1, 0.15) is 239 Å². The summed E-state index contributed by atoms with van der Waals surface area (Å²) in [5.41, 5.74) is 0. The van der Waals surface area contributed by atoms with Crippen LogP contribution in [-0.2, 0) is 28.6 Å². The van der Waals surface area contributed by atoms with Gasteiger partial charge in [-0.2, -0.15) is 0 Å². The summed E-state index contributed by atoms with van der Waals surface area (Å²) in [6.07, 6.45) is 65.7. The quantitative estimate of drug-likeness (QED) is 0.0199. The third kappa shape index (κ3) is 49.5. The number of unbranched alkanes of at least 4 members (excludes halogenated alkanes) is 22. The SMILES string of the molecule is CC/C=C\C/C=C\C/C=C\CCCCCCC(=O)OC(COC(=O)CCCCCCC/C=C\C/C=C\CC)COC(=O)CCCCCCCCCCCC/C=C\C=C/CCCCC. The van der Waals surface area contributed by atoms with E-state index in [1.165, 1.54) is 77.0 Å². The minimum absolute atomic E-state index is 0.0926. The second kappa shape index (κ2) is 51.2. The summed E-state index contributed by atoms with van der Waals surface area (Å²) in [5, 5.41) is 0. The van der Waals surface area contributed by atoms with Crippen LogP contribution in [0, 0.1) is 0 Å². The first-order valence-electron chi connectivity index (χ1n) is 26.1. The maximum atomic E-state index is 12.8. The second-order valence-corrected chi connectivity index (χ2v) is 17.0.